The zero-order valence-electron chi connectivity index (χ0n) is 16.0. The summed E-state index contributed by atoms with van der Waals surface area (Å²) in [5.74, 6) is 1.49. The molecule has 0 saturated carbocycles. The van der Waals surface area contributed by atoms with Crippen LogP contribution in [0.4, 0.5) is 0 Å². The topological polar surface area (TPSA) is 113 Å². The first-order valence-corrected chi connectivity index (χ1v) is 9.04. The molecule has 0 radical (unpaired) electrons. The molecule has 0 aliphatic carbocycles. The summed E-state index contributed by atoms with van der Waals surface area (Å²) in [6, 6.07) is 10.1. The normalized spacial score (nSPS) is 13.3. The number of nitrogens with one attached hydrogen (secondary N) is 1. The molecule has 0 fully saturated rings. The molecule has 3 aromatic rings. The van der Waals surface area contributed by atoms with E-state index in [0.29, 0.717) is 34.2 Å². The maximum Gasteiger partial charge on any atom is 0.239 e. The second-order valence-electron chi connectivity index (χ2n) is 6.71. The zero-order valence-corrected chi connectivity index (χ0v) is 16.0. The van der Waals surface area contributed by atoms with Crippen LogP contribution in [0.5, 0.6) is 17.2 Å². The summed E-state index contributed by atoms with van der Waals surface area (Å²) in [6.07, 6.45) is 0.00558. The van der Waals surface area contributed by atoms with Gasteiger partial charge in [-0.2, -0.15) is 0 Å². The first-order chi connectivity index (χ1) is 14.0. The first kappa shape index (κ1) is 18.7. The second kappa shape index (κ2) is 7.38. The minimum Gasteiger partial charge on any atom is -0.497 e. The number of fused-ring (bicyclic) bond motifs is 2. The fourth-order valence-electron chi connectivity index (χ4n) is 3.21. The highest BCUT2D eigenvalue weighted by Crippen LogP contribution is 2.42. The van der Waals surface area contributed by atoms with Gasteiger partial charge in [0.15, 0.2) is 11.5 Å². The average molecular weight is 396 g/mol. The number of carbonyl (C=O) groups excluding carboxylic acids is 2. The number of primary amides is 1. The van der Waals surface area contributed by atoms with Crippen LogP contribution in [0.25, 0.3) is 22.3 Å². The van der Waals surface area contributed by atoms with Crippen molar-refractivity contribution in [3.8, 4) is 28.6 Å². The van der Waals surface area contributed by atoms with Crippen LogP contribution >= 0.6 is 0 Å². The molecule has 1 unspecified atom stereocenters. The minimum atomic E-state index is -0.772. The van der Waals surface area contributed by atoms with E-state index in [4.69, 9.17) is 24.4 Å². The Kier molecular flexibility index (Phi) is 4.75. The Labute approximate surface area is 166 Å². The molecule has 3 N–H and O–H groups in total. The van der Waals surface area contributed by atoms with Crippen molar-refractivity contribution < 1.29 is 28.2 Å². The van der Waals surface area contributed by atoms with Crippen molar-refractivity contribution in [2.24, 2.45) is 5.73 Å². The van der Waals surface area contributed by atoms with E-state index in [0.717, 1.165) is 10.9 Å². The molecule has 1 atom stereocenters. The van der Waals surface area contributed by atoms with Gasteiger partial charge in [-0.1, -0.05) is 0 Å². The number of nitrogens with two attached hydrogens (primary N) is 1. The fourth-order valence-corrected chi connectivity index (χ4v) is 3.21. The number of rotatable bonds is 6. The van der Waals surface area contributed by atoms with E-state index in [1.165, 1.54) is 6.92 Å². The molecule has 2 aromatic carbocycles. The van der Waals surface area contributed by atoms with Crippen LogP contribution in [-0.2, 0) is 16.0 Å². The van der Waals surface area contributed by atoms with Gasteiger partial charge in [-0.05, 0) is 37.3 Å². The number of ether oxygens (including phenoxy) is 3. The summed E-state index contributed by atoms with van der Waals surface area (Å²) < 4.78 is 22.2. The Morgan fingerprint density at radius 2 is 1.86 bits per heavy atom. The third-order valence-corrected chi connectivity index (χ3v) is 4.78. The number of amides is 2. The summed E-state index contributed by atoms with van der Waals surface area (Å²) in [7, 11) is 1.59. The largest absolute Gasteiger partial charge is 0.497 e. The van der Waals surface area contributed by atoms with Crippen molar-refractivity contribution in [3.05, 3.63) is 42.0 Å². The van der Waals surface area contributed by atoms with E-state index in [9.17, 15) is 9.59 Å². The average Bonchev–Trinajstić information content (AvgIpc) is 3.30. The number of hydrogen-bond acceptors (Lipinski definition) is 6. The maximum absolute atomic E-state index is 12.6. The van der Waals surface area contributed by atoms with E-state index in [-0.39, 0.29) is 19.1 Å². The fraction of sp³-hybridized carbons (Fsp3) is 0.238. The van der Waals surface area contributed by atoms with Crippen LogP contribution in [0.1, 0.15) is 12.5 Å². The lowest BCUT2D eigenvalue weighted by molar-refractivity contribution is -0.126. The van der Waals surface area contributed by atoms with E-state index >= 15 is 0 Å². The molecule has 2 heterocycles. The third-order valence-electron chi connectivity index (χ3n) is 4.78. The lowest BCUT2D eigenvalue weighted by Crippen LogP contribution is -2.42. The summed E-state index contributed by atoms with van der Waals surface area (Å²) in [6.45, 7) is 1.68. The molecular weight excluding hydrogens is 376 g/mol. The molecule has 8 heteroatoms. The standard InChI is InChI=1S/C21H20N2O6/c1-11(21(22)25)23-19(24)8-15-14-7-17-18(28-10-27-17)9-16(14)29-20(15)12-3-5-13(26-2)6-4-12/h3-7,9,11H,8,10H2,1-2H3,(H2,22,25)(H,23,24). The van der Waals surface area contributed by atoms with Crippen LogP contribution in [0.15, 0.2) is 40.8 Å². The van der Waals surface area contributed by atoms with Gasteiger partial charge in [-0.25, -0.2) is 0 Å². The number of methoxy groups -OCH3 is 1. The van der Waals surface area contributed by atoms with Crippen molar-refractivity contribution in [1.29, 1.82) is 0 Å². The van der Waals surface area contributed by atoms with Gasteiger partial charge < -0.3 is 29.7 Å². The third kappa shape index (κ3) is 3.56. The molecular formula is C21H20N2O6. The first-order valence-electron chi connectivity index (χ1n) is 9.04. The van der Waals surface area contributed by atoms with Gasteiger partial charge in [0.2, 0.25) is 18.6 Å². The van der Waals surface area contributed by atoms with Crippen molar-refractivity contribution >= 4 is 22.8 Å². The number of furan rings is 1. The monoisotopic (exact) mass is 396 g/mol. The summed E-state index contributed by atoms with van der Waals surface area (Å²) >= 11 is 0. The number of benzene rings is 2. The van der Waals surface area contributed by atoms with Gasteiger partial charge in [0.1, 0.15) is 23.1 Å². The molecule has 8 nitrogen and oxygen atoms in total. The second-order valence-corrected chi connectivity index (χ2v) is 6.71. The van der Waals surface area contributed by atoms with Gasteiger partial charge in [-0.15, -0.1) is 0 Å². The van der Waals surface area contributed by atoms with Crippen LogP contribution < -0.4 is 25.3 Å². The molecule has 0 saturated heterocycles. The molecule has 150 valence electrons. The Morgan fingerprint density at radius 1 is 1.17 bits per heavy atom. The van der Waals surface area contributed by atoms with Gasteiger partial charge in [0.25, 0.3) is 0 Å². The predicted octanol–water partition coefficient (Wildman–Crippen LogP) is 2.37. The van der Waals surface area contributed by atoms with Crippen molar-refractivity contribution in [2.75, 3.05) is 13.9 Å². The molecule has 29 heavy (non-hydrogen) atoms. The van der Waals surface area contributed by atoms with Crippen molar-refractivity contribution in [3.63, 3.8) is 0 Å². The number of carbonyl (C=O) groups is 2. The number of hydrogen-bond donors (Lipinski definition) is 2. The van der Waals surface area contributed by atoms with Gasteiger partial charge in [-0.3, -0.25) is 9.59 Å². The Bertz CT molecular complexity index is 1090. The molecule has 1 aromatic heterocycles. The van der Waals surface area contributed by atoms with E-state index in [2.05, 4.69) is 5.32 Å². The summed E-state index contributed by atoms with van der Waals surface area (Å²) in [5, 5.41) is 3.34. The van der Waals surface area contributed by atoms with Crippen LogP contribution in [0.2, 0.25) is 0 Å². The van der Waals surface area contributed by atoms with Crippen LogP contribution in [0.3, 0.4) is 0 Å². The van der Waals surface area contributed by atoms with Gasteiger partial charge in [0.05, 0.1) is 13.5 Å². The van der Waals surface area contributed by atoms with Crippen molar-refractivity contribution in [2.45, 2.75) is 19.4 Å². The lowest BCUT2D eigenvalue weighted by atomic mass is 10.0. The highest BCUT2D eigenvalue weighted by Gasteiger charge is 2.24. The molecule has 0 spiro atoms. The molecule has 2 amide bonds. The summed E-state index contributed by atoms with van der Waals surface area (Å²) in [5.41, 5.74) is 7.28. The van der Waals surface area contributed by atoms with Crippen LogP contribution in [0, 0.1) is 0 Å². The smallest absolute Gasteiger partial charge is 0.239 e. The highest BCUT2D eigenvalue weighted by atomic mass is 16.7. The Hall–Kier alpha value is -3.68. The minimum absolute atomic E-state index is 0.00558. The van der Waals surface area contributed by atoms with Crippen molar-refractivity contribution in [1.82, 2.24) is 5.32 Å². The molecule has 1 aliphatic rings. The van der Waals surface area contributed by atoms with Gasteiger partial charge in [0, 0.05) is 22.6 Å². The summed E-state index contributed by atoms with van der Waals surface area (Å²) in [4.78, 5) is 23.8. The van der Waals surface area contributed by atoms with E-state index < -0.39 is 11.9 Å². The molecule has 0 bridgehead atoms. The van der Waals surface area contributed by atoms with E-state index in [1.54, 1.807) is 19.2 Å². The Morgan fingerprint density at radius 3 is 2.52 bits per heavy atom. The van der Waals surface area contributed by atoms with Gasteiger partial charge >= 0.3 is 0 Å². The molecule has 4 rings (SSSR count). The Balaban J connectivity index is 1.77. The predicted molar refractivity (Wildman–Crippen MR) is 105 cm³/mol. The maximum atomic E-state index is 12.6. The SMILES string of the molecule is COc1ccc(-c2oc3cc4c(cc3c2CC(=O)NC(C)C(N)=O)OCO4)cc1. The van der Waals surface area contributed by atoms with E-state index in [1.807, 2.05) is 24.3 Å². The lowest BCUT2D eigenvalue weighted by Gasteiger charge is -2.10. The molecule has 1 aliphatic heterocycles. The quantitative estimate of drug-likeness (QED) is 0.661. The van der Waals surface area contributed by atoms with Crippen LogP contribution in [-0.4, -0.2) is 31.8 Å². The highest BCUT2D eigenvalue weighted by molar-refractivity contribution is 5.96. The zero-order chi connectivity index (χ0) is 20.5.